The van der Waals surface area contributed by atoms with Gasteiger partial charge >= 0.3 is 0 Å². The minimum absolute atomic E-state index is 0.0237. The molecule has 1 saturated heterocycles. The first kappa shape index (κ1) is 15.4. The van der Waals surface area contributed by atoms with E-state index >= 15 is 0 Å². The number of aromatic nitrogens is 2. The zero-order chi connectivity index (χ0) is 16.5. The molecular weight excluding hydrogens is 320 g/mol. The van der Waals surface area contributed by atoms with E-state index < -0.39 is 0 Å². The predicted octanol–water partition coefficient (Wildman–Crippen LogP) is 2.55. The number of carbonyl (C=O) groups is 1. The van der Waals surface area contributed by atoms with Crippen LogP contribution < -0.4 is 10.6 Å². The molecule has 1 fully saturated rings. The number of thiophene rings is 1. The second-order valence-corrected chi connectivity index (χ2v) is 7.25. The van der Waals surface area contributed by atoms with Crippen molar-refractivity contribution < 1.29 is 4.79 Å². The molecule has 1 aliphatic rings. The number of fused-ring (bicyclic) bond motifs is 1. The third-order valence-corrected chi connectivity index (χ3v) is 5.55. The number of benzene rings is 1. The number of aryl methyl sites for hydroxylation is 1. The number of amides is 1. The number of nitrogens with one attached hydrogen (secondary N) is 2. The van der Waals surface area contributed by atoms with E-state index in [1.807, 2.05) is 35.9 Å². The molecule has 1 aromatic carbocycles. The average Bonchev–Trinajstić information content (AvgIpc) is 3.29. The first-order valence-corrected chi connectivity index (χ1v) is 9.05. The second-order valence-electron chi connectivity index (χ2n) is 6.22. The van der Waals surface area contributed by atoms with Crippen LogP contribution in [0.4, 0.5) is 0 Å². The summed E-state index contributed by atoms with van der Waals surface area (Å²) in [6, 6.07) is 12.5. The molecule has 5 nitrogen and oxygen atoms in total. The van der Waals surface area contributed by atoms with Crippen molar-refractivity contribution in [3.63, 3.8) is 0 Å². The van der Waals surface area contributed by atoms with Crippen molar-refractivity contribution in [2.45, 2.75) is 25.9 Å². The van der Waals surface area contributed by atoms with E-state index in [1.165, 1.54) is 16.9 Å². The Morgan fingerprint density at radius 3 is 3.00 bits per heavy atom. The average molecular weight is 340 g/mol. The minimum Gasteiger partial charge on any atom is -0.347 e. The summed E-state index contributed by atoms with van der Waals surface area (Å²) in [5.74, 6) is 0.0237. The van der Waals surface area contributed by atoms with Gasteiger partial charge in [0.1, 0.15) is 4.83 Å². The first-order valence-electron chi connectivity index (χ1n) is 8.23. The highest BCUT2D eigenvalue weighted by Gasteiger charge is 2.20. The van der Waals surface area contributed by atoms with Crippen molar-refractivity contribution in [2.24, 2.45) is 0 Å². The van der Waals surface area contributed by atoms with Gasteiger partial charge in [-0.15, -0.1) is 11.3 Å². The Hall–Kier alpha value is -2.18. The van der Waals surface area contributed by atoms with Crippen LogP contribution in [0.15, 0.2) is 36.4 Å². The van der Waals surface area contributed by atoms with Crippen LogP contribution in [0.3, 0.4) is 0 Å². The number of hydrogen-bond acceptors (Lipinski definition) is 4. The Morgan fingerprint density at radius 2 is 2.25 bits per heavy atom. The molecule has 0 saturated carbocycles. The monoisotopic (exact) mass is 340 g/mol. The molecule has 6 heteroatoms. The van der Waals surface area contributed by atoms with Gasteiger partial charge in [0, 0.05) is 18.0 Å². The maximum Gasteiger partial charge on any atom is 0.261 e. The van der Waals surface area contributed by atoms with E-state index in [9.17, 15) is 4.79 Å². The summed E-state index contributed by atoms with van der Waals surface area (Å²) in [4.78, 5) is 14.3. The molecule has 1 aliphatic heterocycles. The molecule has 0 aliphatic carbocycles. The number of hydrogen-bond donors (Lipinski definition) is 2. The highest BCUT2D eigenvalue weighted by Crippen LogP contribution is 2.29. The fourth-order valence-corrected chi connectivity index (χ4v) is 4.19. The standard InChI is InChI=1S/C18H20N4OS/c1-12-15-9-16(17(23)20-14-7-8-19-10-14)24-18(15)22(21-12)11-13-5-3-2-4-6-13/h2-6,9,14,19H,7-8,10-11H2,1H3,(H,20,23). The molecule has 1 atom stereocenters. The van der Waals surface area contributed by atoms with Crippen molar-refractivity contribution in [3.8, 4) is 0 Å². The molecule has 0 spiro atoms. The fraction of sp³-hybridized carbons (Fsp3) is 0.333. The summed E-state index contributed by atoms with van der Waals surface area (Å²) in [6.07, 6.45) is 0.997. The van der Waals surface area contributed by atoms with Crippen molar-refractivity contribution >= 4 is 27.5 Å². The Morgan fingerprint density at radius 1 is 1.42 bits per heavy atom. The number of nitrogens with zero attached hydrogens (tertiary/aromatic N) is 2. The molecule has 124 valence electrons. The summed E-state index contributed by atoms with van der Waals surface area (Å²) in [6.45, 7) is 4.55. The van der Waals surface area contributed by atoms with E-state index in [1.54, 1.807) is 0 Å². The van der Waals surface area contributed by atoms with Gasteiger partial charge in [0.25, 0.3) is 5.91 Å². The SMILES string of the molecule is Cc1nn(Cc2ccccc2)c2sc(C(=O)NC3CCNC3)cc12. The van der Waals surface area contributed by atoms with Gasteiger partial charge in [0.05, 0.1) is 17.1 Å². The molecule has 2 aromatic heterocycles. The molecule has 4 rings (SSSR count). The number of rotatable bonds is 4. The molecule has 1 amide bonds. The number of carbonyl (C=O) groups excluding carboxylic acids is 1. The molecule has 0 bridgehead atoms. The highest BCUT2D eigenvalue weighted by atomic mass is 32.1. The molecule has 3 aromatic rings. The van der Waals surface area contributed by atoms with Crippen molar-refractivity contribution in [1.82, 2.24) is 20.4 Å². The first-order chi connectivity index (χ1) is 11.7. The Balaban J connectivity index is 1.60. The summed E-state index contributed by atoms with van der Waals surface area (Å²) in [5.41, 5.74) is 2.18. The summed E-state index contributed by atoms with van der Waals surface area (Å²) >= 11 is 1.52. The lowest BCUT2D eigenvalue weighted by Crippen LogP contribution is -2.35. The molecule has 3 heterocycles. The van der Waals surface area contributed by atoms with Gasteiger partial charge in [-0.2, -0.15) is 5.10 Å². The van der Waals surface area contributed by atoms with Crippen molar-refractivity contribution in [2.75, 3.05) is 13.1 Å². The van der Waals surface area contributed by atoms with Gasteiger partial charge in [-0.25, -0.2) is 0 Å². The zero-order valence-corrected chi connectivity index (χ0v) is 14.4. The topological polar surface area (TPSA) is 59.0 Å². The van der Waals surface area contributed by atoms with Gasteiger partial charge in [0.2, 0.25) is 0 Å². The third kappa shape index (κ3) is 2.95. The van der Waals surface area contributed by atoms with Gasteiger partial charge in [-0.05, 0) is 31.5 Å². The van der Waals surface area contributed by atoms with Gasteiger partial charge in [-0.3, -0.25) is 9.48 Å². The quantitative estimate of drug-likeness (QED) is 0.767. The van der Waals surface area contributed by atoms with Crippen LogP contribution in [-0.2, 0) is 6.54 Å². The summed E-state index contributed by atoms with van der Waals surface area (Å²) in [5, 5.41) is 12.1. The van der Waals surface area contributed by atoms with Gasteiger partial charge < -0.3 is 10.6 Å². The lowest BCUT2D eigenvalue weighted by atomic mass is 10.2. The predicted molar refractivity (Wildman–Crippen MR) is 96.6 cm³/mol. The zero-order valence-electron chi connectivity index (χ0n) is 13.6. The Bertz CT molecular complexity index is 862. The molecule has 1 unspecified atom stereocenters. The Labute approximate surface area is 144 Å². The maximum absolute atomic E-state index is 12.5. The summed E-state index contributed by atoms with van der Waals surface area (Å²) < 4.78 is 2.00. The summed E-state index contributed by atoms with van der Waals surface area (Å²) in [7, 11) is 0. The van der Waals surface area contributed by atoms with Crippen LogP contribution in [0.5, 0.6) is 0 Å². The van der Waals surface area contributed by atoms with E-state index in [-0.39, 0.29) is 11.9 Å². The largest absolute Gasteiger partial charge is 0.347 e. The lowest BCUT2D eigenvalue weighted by molar-refractivity contribution is 0.0944. The van der Waals surface area contributed by atoms with Crippen LogP contribution in [-0.4, -0.2) is 34.8 Å². The fourth-order valence-electron chi connectivity index (χ4n) is 3.12. The van der Waals surface area contributed by atoms with Crippen LogP contribution >= 0.6 is 11.3 Å². The molecule has 0 radical (unpaired) electrons. The van der Waals surface area contributed by atoms with Crippen LogP contribution in [0.2, 0.25) is 0 Å². The third-order valence-electron chi connectivity index (χ3n) is 4.40. The van der Waals surface area contributed by atoms with Crippen molar-refractivity contribution in [3.05, 3.63) is 52.5 Å². The van der Waals surface area contributed by atoms with E-state index in [0.29, 0.717) is 0 Å². The van der Waals surface area contributed by atoms with Crippen LogP contribution in [0, 0.1) is 6.92 Å². The van der Waals surface area contributed by atoms with E-state index in [2.05, 4.69) is 27.9 Å². The smallest absolute Gasteiger partial charge is 0.261 e. The molecule has 24 heavy (non-hydrogen) atoms. The van der Waals surface area contributed by atoms with Crippen LogP contribution in [0.25, 0.3) is 10.2 Å². The van der Waals surface area contributed by atoms with Crippen molar-refractivity contribution in [1.29, 1.82) is 0 Å². The van der Waals surface area contributed by atoms with Gasteiger partial charge in [0.15, 0.2) is 0 Å². The van der Waals surface area contributed by atoms with E-state index in [0.717, 1.165) is 46.8 Å². The molecule has 2 N–H and O–H groups in total. The highest BCUT2D eigenvalue weighted by molar-refractivity contribution is 7.20. The molecular formula is C18H20N4OS. The second kappa shape index (κ2) is 6.37. The Kier molecular flexibility index (Phi) is 4.08. The van der Waals surface area contributed by atoms with E-state index in [4.69, 9.17) is 0 Å². The van der Waals surface area contributed by atoms with Gasteiger partial charge in [-0.1, -0.05) is 30.3 Å². The minimum atomic E-state index is 0.0237. The lowest BCUT2D eigenvalue weighted by Gasteiger charge is -2.09. The normalized spacial score (nSPS) is 17.5. The maximum atomic E-state index is 12.5. The van der Waals surface area contributed by atoms with Crippen LogP contribution in [0.1, 0.15) is 27.3 Å².